The first-order valence-corrected chi connectivity index (χ1v) is 9.64. The number of carbonyl (C=O) groups is 1. The first-order valence-electron chi connectivity index (χ1n) is 9.64. The maximum atomic E-state index is 13.2. The van der Waals surface area contributed by atoms with Gasteiger partial charge < -0.3 is 9.47 Å². The average molecular weight is 370 g/mol. The molecule has 0 radical (unpaired) electrons. The second-order valence-corrected chi connectivity index (χ2v) is 7.48. The molecule has 0 unspecified atom stereocenters. The summed E-state index contributed by atoms with van der Waals surface area (Å²) in [5.41, 5.74) is 5.22. The van der Waals surface area contributed by atoms with E-state index in [-0.39, 0.29) is 11.9 Å². The van der Waals surface area contributed by atoms with Crippen molar-refractivity contribution in [3.63, 3.8) is 0 Å². The van der Waals surface area contributed by atoms with Gasteiger partial charge in [0.15, 0.2) is 0 Å². The molecule has 28 heavy (non-hydrogen) atoms. The number of fused-ring (bicyclic) bond motifs is 1. The molecule has 0 saturated carbocycles. The van der Waals surface area contributed by atoms with Crippen molar-refractivity contribution in [3.8, 4) is 11.1 Å². The third kappa shape index (κ3) is 2.80. The Kier molecular flexibility index (Phi) is 4.01. The zero-order valence-electron chi connectivity index (χ0n) is 15.8. The SMILES string of the molecule is Cn1c(C(=O)N2CC[C@@H]2Cc2ccccc2)cc2ccc(-c3cn[nH]c3)cc21. The summed E-state index contributed by atoms with van der Waals surface area (Å²) in [6.07, 6.45) is 5.67. The van der Waals surface area contributed by atoms with Gasteiger partial charge in [-0.25, -0.2) is 0 Å². The zero-order valence-corrected chi connectivity index (χ0v) is 15.8. The van der Waals surface area contributed by atoms with E-state index >= 15 is 0 Å². The maximum absolute atomic E-state index is 13.2. The molecule has 5 heteroatoms. The lowest BCUT2D eigenvalue weighted by Crippen LogP contribution is -2.52. The van der Waals surface area contributed by atoms with Crippen molar-refractivity contribution in [3.05, 3.63) is 78.2 Å². The Morgan fingerprint density at radius 2 is 2.00 bits per heavy atom. The highest BCUT2D eigenvalue weighted by molar-refractivity contribution is 6.00. The number of aromatic nitrogens is 3. The van der Waals surface area contributed by atoms with Gasteiger partial charge >= 0.3 is 0 Å². The standard InChI is InChI=1S/C23H22N4O/c1-26-21-12-17(19-14-24-25-15-19)7-8-18(21)13-22(26)23(28)27-10-9-20(27)11-16-5-3-2-4-6-16/h2-8,12-15,20H,9-11H2,1H3,(H,24,25)/t20-/m1/s1. The molecule has 5 nitrogen and oxygen atoms in total. The molecular weight excluding hydrogens is 348 g/mol. The monoisotopic (exact) mass is 370 g/mol. The number of hydrogen-bond donors (Lipinski definition) is 1. The molecule has 140 valence electrons. The summed E-state index contributed by atoms with van der Waals surface area (Å²) in [7, 11) is 1.97. The first kappa shape index (κ1) is 16.8. The van der Waals surface area contributed by atoms with Crippen molar-refractivity contribution in [2.24, 2.45) is 7.05 Å². The second kappa shape index (κ2) is 6.68. The van der Waals surface area contributed by atoms with Gasteiger partial charge in [-0.2, -0.15) is 5.10 Å². The normalized spacial score (nSPS) is 16.3. The second-order valence-electron chi connectivity index (χ2n) is 7.48. The Morgan fingerprint density at radius 3 is 2.71 bits per heavy atom. The van der Waals surface area contributed by atoms with Crippen LogP contribution in [0.2, 0.25) is 0 Å². The highest BCUT2D eigenvalue weighted by Gasteiger charge is 2.34. The van der Waals surface area contributed by atoms with Crippen molar-refractivity contribution in [2.45, 2.75) is 18.9 Å². The van der Waals surface area contributed by atoms with E-state index in [0.29, 0.717) is 0 Å². The Balaban J connectivity index is 1.42. The van der Waals surface area contributed by atoms with Crippen LogP contribution in [0.5, 0.6) is 0 Å². The van der Waals surface area contributed by atoms with Crippen LogP contribution in [0.15, 0.2) is 67.0 Å². The van der Waals surface area contributed by atoms with Gasteiger partial charge in [0.1, 0.15) is 5.69 Å². The molecule has 3 heterocycles. The molecule has 4 aromatic rings. The summed E-state index contributed by atoms with van der Waals surface area (Å²) in [4.78, 5) is 15.2. The summed E-state index contributed by atoms with van der Waals surface area (Å²) >= 11 is 0. The molecule has 0 spiro atoms. The summed E-state index contributed by atoms with van der Waals surface area (Å²) in [6.45, 7) is 0.831. The molecule has 2 aromatic heterocycles. The lowest BCUT2D eigenvalue weighted by Gasteiger charge is -2.41. The largest absolute Gasteiger partial charge is 0.340 e. The van der Waals surface area contributed by atoms with Crippen LogP contribution in [0.3, 0.4) is 0 Å². The van der Waals surface area contributed by atoms with Gasteiger partial charge in [0, 0.05) is 42.3 Å². The molecule has 1 N–H and O–H groups in total. The molecule has 1 aliphatic heterocycles. The minimum atomic E-state index is 0.121. The fourth-order valence-corrected chi connectivity index (χ4v) is 4.08. The Morgan fingerprint density at radius 1 is 1.14 bits per heavy atom. The van der Waals surface area contributed by atoms with Crippen LogP contribution in [0, 0.1) is 0 Å². The lowest BCUT2D eigenvalue weighted by atomic mass is 9.95. The van der Waals surface area contributed by atoms with Crippen LogP contribution in [0.25, 0.3) is 22.0 Å². The van der Waals surface area contributed by atoms with Crippen molar-refractivity contribution < 1.29 is 4.79 Å². The zero-order chi connectivity index (χ0) is 19.1. The third-order valence-corrected chi connectivity index (χ3v) is 5.82. The summed E-state index contributed by atoms with van der Waals surface area (Å²) in [5, 5.41) is 7.96. The predicted molar refractivity (Wildman–Crippen MR) is 110 cm³/mol. The van der Waals surface area contributed by atoms with Crippen LogP contribution in [0.1, 0.15) is 22.5 Å². The summed E-state index contributed by atoms with van der Waals surface area (Å²) < 4.78 is 2.01. The van der Waals surface area contributed by atoms with Gasteiger partial charge in [-0.3, -0.25) is 9.89 Å². The van der Waals surface area contributed by atoms with Crippen LogP contribution < -0.4 is 0 Å². The fourth-order valence-electron chi connectivity index (χ4n) is 4.08. The van der Waals surface area contributed by atoms with E-state index in [2.05, 4.69) is 52.7 Å². The van der Waals surface area contributed by atoms with Gasteiger partial charge in [-0.15, -0.1) is 0 Å². The van der Waals surface area contributed by atoms with Crippen LogP contribution in [-0.4, -0.2) is 38.2 Å². The number of nitrogens with one attached hydrogen (secondary N) is 1. The van der Waals surface area contributed by atoms with E-state index in [1.165, 1.54) is 5.56 Å². The molecule has 0 aliphatic carbocycles. The molecule has 1 aliphatic rings. The van der Waals surface area contributed by atoms with Crippen molar-refractivity contribution in [2.75, 3.05) is 6.54 Å². The van der Waals surface area contributed by atoms with Crippen molar-refractivity contribution >= 4 is 16.8 Å². The van der Waals surface area contributed by atoms with Gasteiger partial charge in [0.05, 0.1) is 6.20 Å². The lowest BCUT2D eigenvalue weighted by molar-refractivity contribution is 0.0455. The molecule has 1 amide bonds. The van der Waals surface area contributed by atoms with Gasteiger partial charge in [0.25, 0.3) is 5.91 Å². The summed E-state index contributed by atoms with van der Waals surface area (Å²) in [6, 6.07) is 19.0. The van der Waals surface area contributed by atoms with Crippen molar-refractivity contribution in [1.82, 2.24) is 19.7 Å². The number of amides is 1. The number of nitrogens with zero attached hydrogens (tertiary/aromatic N) is 3. The van der Waals surface area contributed by atoms with Crippen LogP contribution in [0.4, 0.5) is 0 Å². The predicted octanol–water partition coefficient (Wildman–Crippen LogP) is 4.03. The minimum Gasteiger partial charge on any atom is -0.340 e. The molecule has 2 aromatic carbocycles. The number of aryl methyl sites for hydroxylation is 1. The smallest absolute Gasteiger partial charge is 0.270 e. The third-order valence-electron chi connectivity index (χ3n) is 5.82. The molecule has 1 saturated heterocycles. The number of H-pyrrole nitrogens is 1. The quantitative estimate of drug-likeness (QED) is 0.590. The van der Waals surface area contributed by atoms with Crippen LogP contribution >= 0.6 is 0 Å². The minimum absolute atomic E-state index is 0.121. The maximum Gasteiger partial charge on any atom is 0.270 e. The van der Waals surface area contributed by atoms with E-state index in [9.17, 15) is 4.79 Å². The Labute approximate surface area is 163 Å². The topological polar surface area (TPSA) is 53.9 Å². The molecule has 0 bridgehead atoms. The molecular formula is C23H22N4O. The van der Waals surface area contributed by atoms with Gasteiger partial charge in [0.2, 0.25) is 0 Å². The summed E-state index contributed by atoms with van der Waals surface area (Å²) in [5.74, 6) is 0.121. The van der Waals surface area contributed by atoms with Gasteiger partial charge in [-0.1, -0.05) is 42.5 Å². The molecule has 1 atom stereocenters. The Bertz CT molecular complexity index is 1130. The Hall–Kier alpha value is -3.34. The van der Waals surface area contributed by atoms with Gasteiger partial charge in [-0.05, 0) is 36.1 Å². The highest BCUT2D eigenvalue weighted by Crippen LogP contribution is 2.29. The number of rotatable bonds is 4. The fraction of sp³-hybridized carbons (Fsp3) is 0.217. The number of aromatic amines is 1. The van der Waals surface area contributed by atoms with E-state index < -0.39 is 0 Å². The van der Waals surface area contributed by atoms with E-state index in [4.69, 9.17) is 0 Å². The van der Waals surface area contributed by atoms with E-state index in [1.807, 2.05) is 41.0 Å². The van der Waals surface area contributed by atoms with E-state index in [0.717, 1.165) is 47.1 Å². The van der Waals surface area contributed by atoms with Crippen LogP contribution in [-0.2, 0) is 13.5 Å². The van der Waals surface area contributed by atoms with Crippen molar-refractivity contribution in [1.29, 1.82) is 0 Å². The highest BCUT2D eigenvalue weighted by atomic mass is 16.2. The number of hydrogen-bond acceptors (Lipinski definition) is 2. The molecule has 5 rings (SSSR count). The number of benzene rings is 2. The average Bonchev–Trinajstić information content (AvgIpc) is 3.34. The molecule has 1 fully saturated rings. The number of likely N-dealkylation sites (tertiary alicyclic amines) is 1. The van der Waals surface area contributed by atoms with E-state index in [1.54, 1.807) is 0 Å². The number of carbonyl (C=O) groups excluding carboxylic acids is 1. The first-order chi connectivity index (χ1) is 13.7.